The number of amides is 1. The predicted octanol–water partition coefficient (Wildman–Crippen LogP) is 3.30. The van der Waals surface area contributed by atoms with Crippen LogP contribution in [0.2, 0.25) is 0 Å². The minimum Gasteiger partial charge on any atom is -0.343 e. The van der Waals surface area contributed by atoms with Gasteiger partial charge < -0.3 is 9.42 Å². The van der Waals surface area contributed by atoms with Crippen molar-refractivity contribution in [3.63, 3.8) is 0 Å². The molecule has 1 saturated heterocycles. The molecule has 0 radical (unpaired) electrons. The minimum atomic E-state index is 0.265. The molecule has 0 saturated carbocycles. The van der Waals surface area contributed by atoms with E-state index >= 15 is 0 Å². The summed E-state index contributed by atoms with van der Waals surface area (Å²) in [7, 11) is 0. The molecule has 2 aromatic rings. The number of thiophene rings is 1. The summed E-state index contributed by atoms with van der Waals surface area (Å²) in [5.74, 6) is 1.92. The lowest BCUT2D eigenvalue weighted by Crippen LogP contribution is -2.37. The molecule has 0 bridgehead atoms. The van der Waals surface area contributed by atoms with Crippen LogP contribution in [0.1, 0.15) is 44.4 Å². The topological polar surface area (TPSA) is 59.2 Å². The molecule has 112 valence electrons. The summed E-state index contributed by atoms with van der Waals surface area (Å²) in [6, 6.07) is 3.97. The fraction of sp³-hybridized carbons (Fsp3) is 0.533. The molecule has 0 unspecified atom stereocenters. The molecule has 0 aliphatic carbocycles. The van der Waals surface area contributed by atoms with Gasteiger partial charge in [-0.3, -0.25) is 4.79 Å². The molecule has 0 spiro atoms. The monoisotopic (exact) mass is 305 g/mol. The molecular formula is C15H19N3O2S. The van der Waals surface area contributed by atoms with Crippen LogP contribution in [0.25, 0.3) is 10.7 Å². The van der Waals surface area contributed by atoms with E-state index in [4.69, 9.17) is 4.52 Å². The van der Waals surface area contributed by atoms with Crippen molar-refractivity contribution >= 4 is 17.2 Å². The number of aromatic nitrogens is 2. The molecule has 1 amide bonds. The average Bonchev–Trinajstić information content (AvgIpc) is 3.19. The van der Waals surface area contributed by atoms with Crippen molar-refractivity contribution in [1.82, 2.24) is 15.0 Å². The highest BCUT2D eigenvalue weighted by Gasteiger charge is 2.27. The van der Waals surface area contributed by atoms with Gasteiger partial charge in [-0.05, 0) is 30.7 Å². The lowest BCUT2D eigenvalue weighted by atomic mass is 9.96. The number of hydrogen-bond acceptors (Lipinski definition) is 5. The highest BCUT2D eigenvalue weighted by molar-refractivity contribution is 7.13. The second-order valence-corrected chi connectivity index (χ2v) is 6.29. The van der Waals surface area contributed by atoms with E-state index in [2.05, 4.69) is 10.1 Å². The third kappa shape index (κ3) is 3.15. The van der Waals surface area contributed by atoms with Gasteiger partial charge in [-0.2, -0.15) is 4.98 Å². The van der Waals surface area contributed by atoms with Crippen LogP contribution in [0.4, 0.5) is 0 Å². The van der Waals surface area contributed by atoms with Gasteiger partial charge in [0.25, 0.3) is 0 Å². The highest BCUT2D eigenvalue weighted by Crippen LogP contribution is 2.29. The van der Waals surface area contributed by atoms with Crippen LogP contribution in [0, 0.1) is 0 Å². The van der Waals surface area contributed by atoms with Crippen molar-refractivity contribution in [2.24, 2.45) is 0 Å². The molecule has 3 rings (SSSR count). The van der Waals surface area contributed by atoms with Crippen molar-refractivity contribution in [3.05, 3.63) is 23.4 Å². The quantitative estimate of drug-likeness (QED) is 0.869. The van der Waals surface area contributed by atoms with Gasteiger partial charge in [0, 0.05) is 25.4 Å². The zero-order valence-corrected chi connectivity index (χ0v) is 12.9. The van der Waals surface area contributed by atoms with Crippen LogP contribution >= 0.6 is 11.3 Å². The predicted molar refractivity (Wildman–Crippen MR) is 81.1 cm³/mol. The Bertz CT molecular complexity index is 586. The van der Waals surface area contributed by atoms with E-state index in [0.29, 0.717) is 18.1 Å². The Balaban J connectivity index is 1.61. The number of nitrogens with zero attached hydrogens (tertiary/aromatic N) is 3. The molecule has 0 aromatic carbocycles. The molecule has 5 nitrogen and oxygen atoms in total. The molecule has 0 N–H and O–H groups in total. The van der Waals surface area contributed by atoms with Crippen molar-refractivity contribution in [2.75, 3.05) is 13.1 Å². The number of hydrogen-bond donors (Lipinski definition) is 0. The smallest absolute Gasteiger partial charge is 0.230 e. The standard InChI is InChI=1S/C15H19N3O2S/c1-2-4-13(19)18-8-6-11(7-9-18)15-16-14(17-20-15)12-5-3-10-21-12/h3,5,10-11H,2,4,6-9H2,1H3. The Hall–Kier alpha value is -1.69. The van der Waals surface area contributed by atoms with E-state index in [1.807, 2.05) is 29.3 Å². The normalized spacial score (nSPS) is 16.3. The fourth-order valence-corrected chi connectivity index (χ4v) is 3.30. The molecule has 1 fully saturated rings. The summed E-state index contributed by atoms with van der Waals surface area (Å²) in [6.45, 7) is 3.62. The Kier molecular flexibility index (Phi) is 4.34. The van der Waals surface area contributed by atoms with Crippen LogP contribution in [0.5, 0.6) is 0 Å². The molecule has 1 aliphatic heterocycles. The van der Waals surface area contributed by atoms with Gasteiger partial charge in [0.1, 0.15) is 0 Å². The Labute approximate surface area is 128 Å². The molecule has 1 aliphatic rings. The Morgan fingerprint density at radius 1 is 1.48 bits per heavy atom. The second-order valence-electron chi connectivity index (χ2n) is 5.34. The molecule has 21 heavy (non-hydrogen) atoms. The summed E-state index contributed by atoms with van der Waals surface area (Å²) in [6.07, 6.45) is 3.36. The SMILES string of the molecule is CCCC(=O)N1CCC(c2nc(-c3cccs3)no2)CC1. The van der Waals surface area contributed by atoms with Crippen LogP contribution in [0.15, 0.2) is 22.0 Å². The third-order valence-electron chi connectivity index (χ3n) is 3.84. The molecule has 3 heterocycles. The maximum Gasteiger partial charge on any atom is 0.230 e. The van der Waals surface area contributed by atoms with E-state index in [0.717, 1.165) is 37.2 Å². The Morgan fingerprint density at radius 2 is 2.29 bits per heavy atom. The van der Waals surface area contributed by atoms with Gasteiger partial charge in [0.15, 0.2) is 0 Å². The van der Waals surface area contributed by atoms with Gasteiger partial charge in [0.2, 0.25) is 17.6 Å². The molecule has 0 atom stereocenters. The summed E-state index contributed by atoms with van der Waals surface area (Å²) >= 11 is 1.61. The number of carbonyl (C=O) groups excluding carboxylic acids is 1. The first kappa shape index (κ1) is 14.3. The maximum atomic E-state index is 11.9. The van der Waals surface area contributed by atoms with Crippen LogP contribution in [0.3, 0.4) is 0 Å². The van der Waals surface area contributed by atoms with Gasteiger partial charge in [-0.25, -0.2) is 0 Å². The van der Waals surface area contributed by atoms with Gasteiger partial charge >= 0.3 is 0 Å². The van der Waals surface area contributed by atoms with Gasteiger partial charge in [-0.15, -0.1) is 11.3 Å². The van der Waals surface area contributed by atoms with E-state index in [1.54, 1.807) is 11.3 Å². The van der Waals surface area contributed by atoms with Crippen molar-refractivity contribution in [3.8, 4) is 10.7 Å². The summed E-state index contributed by atoms with van der Waals surface area (Å²) < 4.78 is 5.41. The highest BCUT2D eigenvalue weighted by atomic mass is 32.1. The van der Waals surface area contributed by atoms with E-state index in [1.165, 1.54) is 0 Å². The summed E-state index contributed by atoms with van der Waals surface area (Å²) in [5, 5.41) is 6.06. The lowest BCUT2D eigenvalue weighted by molar-refractivity contribution is -0.132. The number of likely N-dealkylation sites (tertiary alicyclic amines) is 1. The zero-order chi connectivity index (χ0) is 14.7. The summed E-state index contributed by atoms with van der Waals surface area (Å²) in [5.41, 5.74) is 0. The minimum absolute atomic E-state index is 0.265. The number of carbonyl (C=O) groups is 1. The second kappa shape index (κ2) is 6.39. The lowest BCUT2D eigenvalue weighted by Gasteiger charge is -2.30. The molecule has 6 heteroatoms. The average molecular weight is 305 g/mol. The number of piperidine rings is 1. The fourth-order valence-electron chi connectivity index (χ4n) is 2.65. The van der Waals surface area contributed by atoms with E-state index in [-0.39, 0.29) is 11.8 Å². The zero-order valence-electron chi connectivity index (χ0n) is 12.1. The molecular weight excluding hydrogens is 286 g/mol. The van der Waals surface area contributed by atoms with Gasteiger partial charge in [0.05, 0.1) is 4.88 Å². The summed E-state index contributed by atoms with van der Waals surface area (Å²) in [4.78, 5) is 19.4. The Morgan fingerprint density at radius 3 is 2.95 bits per heavy atom. The first-order valence-corrected chi connectivity index (χ1v) is 8.31. The van der Waals surface area contributed by atoms with E-state index < -0.39 is 0 Å². The van der Waals surface area contributed by atoms with Crippen LogP contribution in [-0.2, 0) is 4.79 Å². The maximum absolute atomic E-state index is 11.9. The molecule has 2 aromatic heterocycles. The first-order chi connectivity index (χ1) is 10.3. The van der Waals surface area contributed by atoms with Crippen molar-refractivity contribution in [1.29, 1.82) is 0 Å². The van der Waals surface area contributed by atoms with E-state index in [9.17, 15) is 4.79 Å². The van der Waals surface area contributed by atoms with Crippen molar-refractivity contribution < 1.29 is 9.32 Å². The van der Waals surface area contributed by atoms with Crippen molar-refractivity contribution in [2.45, 2.75) is 38.5 Å². The van der Waals surface area contributed by atoms with Crippen LogP contribution in [-0.4, -0.2) is 34.0 Å². The largest absolute Gasteiger partial charge is 0.343 e. The first-order valence-electron chi connectivity index (χ1n) is 7.43. The van der Waals surface area contributed by atoms with Gasteiger partial charge in [-0.1, -0.05) is 18.1 Å². The van der Waals surface area contributed by atoms with Crippen LogP contribution < -0.4 is 0 Å². The number of rotatable bonds is 4. The third-order valence-corrected chi connectivity index (χ3v) is 4.71.